The van der Waals surface area contributed by atoms with Crippen molar-refractivity contribution in [3.05, 3.63) is 18.0 Å². The van der Waals surface area contributed by atoms with Crippen molar-refractivity contribution >= 4 is 5.96 Å². The Balaban J connectivity index is 1.99. The van der Waals surface area contributed by atoms with Crippen LogP contribution in [0, 0.1) is 5.92 Å². The Labute approximate surface area is 142 Å². The number of hydrogen-bond donors (Lipinski definition) is 2. The first-order chi connectivity index (χ1) is 11.1. The number of rotatable bonds is 11. The zero-order chi connectivity index (χ0) is 16.9. The number of guanidine groups is 1. The van der Waals surface area contributed by atoms with E-state index in [1.54, 1.807) is 0 Å². The molecule has 23 heavy (non-hydrogen) atoms. The molecule has 0 radical (unpaired) electrons. The van der Waals surface area contributed by atoms with Crippen LogP contribution in [0.1, 0.15) is 57.9 Å². The minimum absolute atomic E-state index is 0.836. The van der Waals surface area contributed by atoms with E-state index in [1.165, 1.54) is 37.7 Å². The lowest BCUT2D eigenvalue weighted by Gasteiger charge is -2.11. The topological polar surface area (TPSA) is 54.2 Å². The van der Waals surface area contributed by atoms with Crippen LogP contribution in [0.4, 0.5) is 0 Å². The normalized spacial score (nSPS) is 12.0. The van der Waals surface area contributed by atoms with E-state index in [-0.39, 0.29) is 0 Å². The van der Waals surface area contributed by atoms with E-state index in [9.17, 15) is 0 Å². The molecule has 1 heterocycles. The predicted octanol–water partition coefficient (Wildman–Crippen LogP) is 3.12. The van der Waals surface area contributed by atoms with Gasteiger partial charge in [-0.2, -0.15) is 5.10 Å². The summed E-state index contributed by atoms with van der Waals surface area (Å²) in [7, 11) is 3.79. The summed E-state index contributed by atoms with van der Waals surface area (Å²) < 4.78 is 1.85. The number of aryl methyl sites for hydroxylation is 2. The van der Waals surface area contributed by atoms with Crippen LogP contribution in [0.3, 0.4) is 0 Å². The van der Waals surface area contributed by atoms with E-state index in [0.717, 1.165) is 37.8 Å². The van der Waals surface area contributed by atoms with Crippen molar-refractivity contribution in [2.75, 3.05) is 20.1 Å². The maximum absolute atomic E-state index is 4.27. The molecule has 0 spiro atoms. The van der Waals surface area contributed by atoms with Gasteiger partial charge in [-0.1, -0.05) is 39.5 Å². The minimum atomic E-state index is 0.836. The fraction of sp³-hybridized carbons (Fsp3) is 0.778. The molecule has 0 fully saturated rings. The predicted molar refractivity (Wildman–Crippen MR) is 98.8 cm³/mol. The molecule has 0 bridgehead atoms. The molecule has 0 aliphatic heterocycles. The molecule has 5 nitrogen and oxygen atoms in total. The third-order valence-electron chi connectivity index (χ3n) is 3.92. The molecule has 5 heteroatoms. The number of nitrogens with zero attached hydrogens (tertiary/aromatic N) is 3. The fourth-order valence-corrected chi connectivity index (χ4v) is 2.56. The van der Waals surface area contributed by atoms with Crippen LogP contribution in [-0.4, -0.2) is 35.9 Å². The van der Waals surface area contributed by atoms with Crippen LogP contribution in [0.5, 0.6) is 0 Å². The molecule has 0 unspecified atom stereocenters. The largest absolute Gasteiger partial charge is 0.356 e. The van der Waals surface area contributed by atoms with E-state index in [1.807, 2.05) is 25.0 Å². The maximum atomic E-state index is 4.27. The molecule has 1 rings (SSSR count). The molecule has 0 aliphatic carbocycles. The van der Waals surface area contributed by atoms with Gasteiger partial charge in [0.15, 0.2) is 5.96 Å². The van der Waals surface area contributed by atoms with Crippen LogP contribution < -0.4 is 10.6 Å². The first-order valence-corrected chi connectivity index (χ1v) is 9.04. The SMILES string of the molecule is CN=C(NCCCCCCC(C)C)NCCCc1cnn(C)c1. The summed E-state index contributed by atoms with van der Waals surface area (Å²) in [5.74, 6) is 1.75. The molecule has 132 valence electrons. The first-order valence-electron chi connectivity index (χ1n) is 9.04. The lowest BCUT2D eigenvalue weighted by atomic mass is 10.0. The third kappa shape index (κ3) is 9.97. The maximum Gasteiger partial charge on any atom is 0.190 e. The van der Waals surface area contributed by atoms with Gasteiger partial charge in [0, 0.05) is 33.4 Å². The molecule has 0 aliphatic rings. The van der Waals surface area contributed by atoms with Gasteiger partial charge >= 0.3 is 0 Å². The van der Waals surface area contributed by atoms with Crippen LogP contribution in [0.25, 0.3) is 0 Å². The van der Waals surface area contributed by atoms with Gasteiger partial charge in [-0.15, -0.1) is 0 Å². The van der Waals surface area contributed by atoms with Crippen LogP contribution >= 0.6 is 0 Å². The number of aromatic nitrogens is 2. The highest BCUT2D eigenvalue weighted by Gasteiger charge is 1.99. The van der Waals surface area contributed by atoms with Crippen LogP contribution in [0.2, 0.25) is 0 Å². The molecule has 0 amide bonds. The van der Waals surface area contributed by atoms with Gasteiger partial charge in [0.1, 0.15) is 0 Å². The second-order valence-electron chi connectivity index (χ2n) is 6.65. The van der Waals surface area contributed by atoms with E-state index >= 15 is 0 Å². The summed E-state index contributed by atoms with van der Waals surface area (Å²) in [4.78, 5) is 4.27. The highest BCUT2D eigenvalue weighted by molar-refractivity contribution is 5.79. The van der Waals surface area contributed by atoms with Crippen molar-refractivity contribution in [2.24, 2.45) is 18.0 Å². The summed E-state index contributed by atoms with van der Waals surface area (Å²) in [6.07, 6.45) is 12.7. The zero-order valence-corrected chi connectivity index (χ0v) is 15.4. The molecular formula is C18H35N5. The van der Waals surface area contributed by atoms with Gasteiger partial charge in [0.25, 0.3) is 0 Å². The Morgan fingerprint density at radius 3 is 2.43 bits per heavy atom. The molecule has 2 N–H and O–H groups in total. The quantitative estimate of drug-likeness (QED) is 0.374. The second-order valence-corrected chi connectivity index (χ2v) is 6.65. The fourth-order valence-electron chi connectivity index (χ4n) is 2.56. The van der Waals surface area contributed by atoms with Crippen molar-refractivity contribution < 1.29 is 0 Å². The number of aliphatic imine (C=N–C) groups is 1. The Bertz CT molecular complexity index is 436. The average Bonchev–Trinajstić information content (AvgIpc) is 2.93. The lowest BCUT2D eigenvalue weighted by Crippen LogP contribution is -2.38. The molecule has 0 atom stereocenters. The molecular weight excluding hydrogens is 286 g/mol. The van der Waals surface area contributed by atoms with Crippen molar-refractivity contribution in [3.63, 3.8) is 0 Å². The van der Waals surface area contributed by atoms with Gasteiger partial charge in [-0.3, -0.25) is 9.67 Å². The van der Waals surface area contributed by atoms with Gasteiger partial charge in [-0.25, -0.2) is 0 Å². The molecule has 0 saturated carbocycles. The second kappa shape index (κ2) is 12.0. The highest BCUT2D eigenvalue weighted by atomic mass is 15.2. The standard InChI is InChI=1S/C18H35N5/c1-16(2)10-7-5-6-8-12-20-18(19-3)21-13-9-11-17-14-22-23(4)15-17/h14-16H,5-13H2,1-4H3,(H2,19,20,21). The molecule has 1 aromatic heterocycles. The van der Waals surface area contributed by atoms with Gasteiger partial charge in [-0.05, 0) is 30.7 Å². The van der Waals surface area contributed by atoms with Gasteiger partial charge in [0.2, 0.25) is 0 Å². The molecule has 1 aromatic rings. The van der Waals surface area contributed by atoms with Gasteiger partial charge in [0.05, 0.1) is 6.20 Å². The Morgan fingerprint density at radius 1 is 1.13 bits per heavy atom. The van der Waals surface area contributed by atoms with Gasteiger partial charge < -0.3 is 10.6 Å². The monoisotopic (exact) mass is 321 g/mol. The third-order valence-corrected chi connectivity index (χ3v) is 3.92. The minimum Gasteiger partial charge on any atom is -0.356 e. The Kier molecular flexibility index (Phi) is 10.2. The van der Waals surface area contributed by atoms with E-state index < -0.39 is 0 Å². The first kappa shape index (κ1) is 19.5. The van der Waals surface area contributed by atoms with Crippen molar-refractivity contribution in [3.8, 4) is 0 Å². The smallest absolute Gasteiger partial charge is 0.190 e. The molecule has 0 aromatic carbocycles. The van der Waals surface area contributed by atoms with Crippen molar-refractivity contribution in [1.82, 2.24) is 20.4 Å². The lowest BCUT2D eigenvalue weighted by molar-refractivity contribution is 0.518. The zero-order valence-electron chi connectivity index (χ0n) is 15.4. The Hall–Kier alpha value is -1.52. The molecule has 0 saturated heterocycles. The highest BCUT2D eigenvalue weighted by Crippen LogP contribution is 2.08. The van der Waals surface area contributed by atoms with Crippen molar-refractivity contribution in [1.29, 1.82) is 0 Å². The summed E-state index contributed by atoms with van der Waals surface area (Å²) in [6.45, 7) is 6.53. The number of hydrogen-bond acceptors (Lipinski definition) is 2. The number of nitrogens with one attached hydrogen (secondary N) is 2. The van der Waals surface area contributed by atoms with Crippen LogP contribution in [-0.2, 0) is 13.5 Å². The summed E-state index contributed by atoms with van der Waals surface area (Å²) >= 11 is 0. The van der Waals surface area contributed by atoms with E-state index in [0.29, 0.717) is 0 Å². The van der Waals surface area contributed by atoms with E-state index in [2.05, 4.69) is 40.8 Å². The summed E-state index contributed by atoms with van der Waals surface area (Å²) in [5.41, 5.74) is 1.29. The van der Waals surface area contributed by atoms with Crippen molar-refractivity contribution in [2.45, 2.75) is 58.8 Å². The van der Waals surface area contributed by atoms with E-state index in [4.69, 9.17) is 0 Å². The summed E-state index contributed by atoms with van der Waals surface area (Å²) in [6, 6.07) is 0. The Morgan fingerprint density at radius 2 is 1.83 bits per heavy atom. The number of unbranched alkanes of at least 4 members (excludes halogenated alkanes) is 3. The average molecular weight is 322 g/mol. The van der Waals surface area contributed by atoms with Crippen LogP contribution in [0.15, 0.2) is 17.4 Å². The summed E-state index contributed by atoms with van der Waals surface area (Å²) in [5, 5.41) is 11.0.